The fourth-order valence-corrected chi connectivity index (χ4v) is 6.25. The van der Waals surface area contributed by atoms with Gasteiger partial charge in [-0.1, -0.05) is 23.9 Å². The molecule has 0 aliphatic carbocycles. The summed E-state index contributed by atoms with van der Waals surface area (Å²) in [5, 5.41) is 13.6. The van der Waals surface area contributed by atoms with Crippen LogP contribution in [0.4, 0.5) is 0 Å². The highest BCUT2D eigenvalue weighted by molar-refractivity contribution is 8.23. The third-order valence-corrected chi connectivity index (χ3v) is 7.97. The molecule has 3 aliphatic heterocycles. The number of hydrogen-bond donors (Lipinski definition) is 1. The zero-order chi connectivity index (χ0) is 16.2. The van der Waals surface area contributed by atoms with Gasteiger partial charge in [-0.05, 0) is 31.4 Å². The van der Waals surface area contributed by atoms with Crippen LogP contribution in [-0.4, -0.2) is 30.2 Å². The van der Waals surface area contributed by atoms with Crippen molar-refractivity contribution in [2.24, 2.45) is 5.16 Å². The second-order valence-corrected chi connectivity index (χ2v) is 9.27. The summed E-state index contributed by atoms with van der Waals surface area (Å²) < 4.78 is 27.5. The first kappa shape index (κ1) is 14.8. The molecule has 0 spiro atoms. The van der Waals surface area contributed by atoms with Gasteiger partial charge in [0.05, 0.1) is 22.3 Å². The van der Waals surface area contributed by atoms with Gasteiger partial charge in [-0.2, -0.15) is 0 Å². The lowest BCUT2D eigenvalue weighted by Crippen LogP contribution is -2.12. The van der Waals surface area contributed by atoms with Crippen molar-refractivity contribution in [2.45, 2.75) is 26.2 Å². The third kappa shape index (κ3) is 2.21. The van der Waals surface area contributed by atoms with Gasteiger partial charge in [0.1, 0.15) is 4.24 Å². The van der Waals surface area contributed by atoms with E-state index in [0.29, 0.717) is 23.5 Å². The number of sulfone groups is 1. The molecule has 23 heavy (non-hydrogen) atoms. The smallest absolute Gasteiger partial charge is 0.184 e. The number of oxime groups is 1. The van der Waals surface area contributed by atoms with Crippen LogP contribution in [-0.2, 0) is 9.84 Å². The van der Waals surface area contributed by atoms with E-state index < -0.39 is 9.84 Å². The van der Waals surface area contributed by atoms with Crippen LogP contribution in [0.25, 0.3) is 21.5 Å². The molecule has 1 N–H and O–H groups in total. The summed E-state index contributed by atoms with van der Waals surface area (Å²) in [6, 6.07) is 4.25. The number of aromatic nitrogens is 1. The molecule has 0 fully saturated rings. The second-order valence-electron chi connectivity index (χ2n) is 5.80. The van der Waals surface area contributed by atoms with Gasteiger partial charge >= 0.3 is 0 Å². The maximum atomic E-state index is 12.4. The van der Waals surface area contributed by atoms with Crippen LogP contribution < -0.4 is 5.35 Å². The van der Waals surface area contributed by atoms with Gasteiger partial charge in [0, 0.05) is 22.9 Å². The fraction of sp³-hybridized carbons (Fsp3) is 0.312. The quantitative estimate of drug-likeness (QED) is 0.333. The van der Waals surface area contributed by atoms with Crippen molar-refractivity contribution >= 4 is 43.6 Å². The Hall–Kier alpha value is -1.73. The molecule has 0 amide bonds. The fourth-order valence-electron chi connectivity index (χ4n) is 3.23. The zero-order valence-electron chi connectivity index (χ0n) is 12.6. The molecule has 0 atom stereocenters. The van der Waals surface area contributed by atoms with Gasteiger partial charge in [-0.3, -0.25) is 0 Å². The molecule has 2 aromatic rings. The number of aryl methyl sites for hydroxylation is 1. The lowest BCUT2D eigenvalue weighted by atomic mass is 10.1. The summed E-state index contributed by atoms with van der Waals surface area (Å²) in [5.74, 6) is 0.0839. The van der Waals surface area contributed by atoms with Gasteiger partial charge in [0.2, 0.25) is 0 Å². The van der Waals surface area contributed by atoms with Crippen LogP contribution >= 0.6 is 11.8 Å². The third-order valence-electron chi connectivity index (χ3n) is 4.38. The monoisotopic (exact) mass is 348 g/mol. The molecular formula is C16H16N2O3S2. The number of hydrogen-bond acceptors (Lipinski definition) is 5. The average Bonchev–Trinajstić information content (AvgIpc) is 2.94. The first-order valence-electron chi connectivity index (χ1n) is 7.48. The van der Waals surface area contributed by atoms with Gasteiger partial charge in [-0.15, -0.1) is 5.16 Å². The molecule has 0 unspecified atom stereocenters. The maximum Gasteiger partial charge on any atom is 0.184 e. The van der Waals surface area contributed by atoms with Gasteiger partial charge in [-0.25, -0.2) is 8.42 Å². The lowest BCUT2D eigenvalue weighted by Gasteiger charge is -2.04. The summed E-state index contributed by atoms with van der Waals surface area (Å²) in [6.07, 6.45) is 4.75. The van der Waals surface area contributed by atoms with E-state index in [-0.39, 0.29) is 5.75 Å². The number of pyridine rings is 2. The van der Waals surface area contributed by atoms with E-state index in [0.717, 1.165) is 4.91 Å². The first-order valence-corrected chi connectivity index (χ1v) is 9.95. The summed E-state index contributed by atoms with van der Waals surface area (Å²) in [6.45, 7) is 2.12. The van der Waals surface area contributed by atoms with E-state index in [1.165, 1.54) is 45.5 Å². The Morgan fingerprint density at radius 2 is 2.26 bits per heavy atom. The Labute approximate surface area is 138 Å². The van der Waals surface area contributed by atoms with Crippen molar-refractivity contribution in [3.63, 3.8) is 0 Å². The van der Waals surface area contributed by atoms with E-state index in [1.807, 2.05) is 6.08 Å². The molecule has 7 heteroatoms. The molecule has 0 radical (unpaired) electrons. The summed E-state index contributed by atoms with van der Waals surface area (Å²) in [4.78, 5) is 1.11. The molecule has 4 heterocycles. The number of fused-ring (bicyclic) bond motifs is 1. The average molecular weight is 348 g/mol. The van der Waals surface area contributed by atoms with Gasteiger partial charge in [0.25, 0.3) is 0 Å². The van der Waals surface area contributed by atoms with E-state index in [9.17, 15) is 8.42 Å². The van der Waals surface area contributed by atoms with Crippen LogP contribution in [0.1, 0.15) is 24.8 Å². The van der Waals surface area contributed by atoms with Crippen molar-refractivity contribution in [1.29, 1.82) is 0 Å². The van der Waals surface area contributed by atoms with E-state index in [2.05, 4.69) is 28.8 Å². The number of unbranched alkanes of at least 4 members (excludes halogenated alkanes) is 1. The highest BCUT2D eigenvalue weighted by atomic mass is 32.3. The molecule has 0 saturated heterocycles. The highest BCUT2D eigenvalue weighted by Gasteiger charge is 2.31. The maximum absolute atomic E-state index is 12.4. The highest BCUT2D eigenvalue weighted by Crippen LogP contribution is 2.43. The molecule has 5 rings (SSSR count). The van der Waals surface area contributed by atoms with Crippen LogP contribution in [0.3, 0.4) is 0 Å². The summed E-state index contributed by atoms with van der Waals surface area (Å²) >= 11 is 1.38. The predicted octanol–water partition coefficient (Wildman–Crippen LogP) is 2.71. The number of benzene rings is 1. The zero-order valence-corrected chi connectivity index (χ0v) is 14.2. The molecule has 1 aromatic carbocycles. The summed E-state index contributed by atoms with van der Waals surface area (Å²) in [5.41, 5.74) is 3.84. The Morgan fingerprint density at radius 3 is 2.91 bits per heavy atom. The lowest BCUT2D eigenvalue weighted by molar-refractivity contribution is 0.320. The molecular weight excluding hydrogens is 332 g/mol. The molecule has 0 saturated carbocycles. The Morgan fingerprint density at radius 1 is 1.43 bits per heavy atom. The molecule has 4 bridgehead atoms. The SMILES string of the molecule is Cc1c2ccc3c1n-3c2=C1CC=C(S(=O)(=O)CCCC=NO)S1. The van der Waals surface area contributed by atoms with Crippen molar-refractivity contribution in [2.75, 3.05) is 5.75 Å². The Kier molecular flexibility index (Phi) is 3.32. The minimum Gasteiger partial charge on any atom is -0.411 e. The van der Waals surface area contributed by atoms with Gasteiger partial charge < -0.3 is 9.77 Å². The van der Waals surface area contributed by atoms with E-state index in [1.54, 1.807) is 0 Å². The standard InChI is InChI=1S/C16H16N2O3S2/c1-10-11-4-5-12-15(10)18(12)16(11)13-6-7-14(22-13)23(20,21)9-3-2-8-17-19/h4-5,7-8,19H,2-3,6,9H2,1H3. The van der Waals surface area contributed by atoms with E-state index in [4.69, 9.17) is 5.21 Å². The minimum absolute atomic E-state index is 0.0839. The number of rotatable bonds is 5. The molecule has 1 aromatic heterocycles. The van der Waals surface area contributed by atoms with Crippen molar-refractivity contribution in [3.8, 4) is 5.69 Å². The van der Waals surface area contributed by atoms with Crippen LogP contribution in [0.2, 0.25) is 0 Å². The second kappa shape index (κ2) is 5.14. The van der Waals surface area contributed by atoms with Crippen molar-refractivity contribution in [3.05, 3.63) is 33.4 Å². The Bertz CT molecular complexity index is 1030. The topological polar surface area (TPSA) is 71.7 Å². The number of thioether (sulfide) groups is 1. The van der Waals surface area contributed by atoms with Crippen LogP contribution in [0, 0.1) is 6.92 Å². The molecule has 5 nitrogen and oxygen atoms in total. The van der Waals surface area contributed by atoms with Gasteiger partial charge in [0.15, 0.2) is 9.84 Å². The van der Waals surface area contributed by atoms with Crippen molar-refractivity contribution in [1.82, 2.24) is 4.57 Å². The van der Waals surface area contributed by atoms with Crippen molar-refractivity contribution < 1.29 is 13.6 Å². The van der Waals surface area contributed by atoms with Crippen LogP contribution in [0.5, 0.6) is 0 Å². The largest absolute Gasteiger partial charge is 0.411 e. The minimum atomic E-state index is -3.25. The predicted molar refractivity (Wildman–Crippen MR) is 93.8 cm³/mol. The number of allylic oxidation sites excluding steroid dienone is 1. The first-order chi connectivity index (χ1) is 11.0. The molecule has 3 aliphatic rings. The number of nitrogens with zero attached hydrogens (tertiary/aromatic N) is 2. The van der Waals surface area contributed by atoms with Crippen LogP contribution in [0.15, 0.2) is 27.6 Å². The molecule has 120 valence electrons. The summed E-state index contributed by atoms with van der Waals surface area (Å²) in [7, 11) is -3.25. The van der Waals surface area contributed by atoms with E-state index >= 15 is 0 Å². The Balaban J connectivity index is 1.59. The normalized spacial score (nSPS) is 19.1.